The van der Waals surface area contributed by atoms with Crippen LogP contribution in [0, 0.1) is 0 Å². The summed E-state index contributed by atoms with van der Waals surface area (Å²) in [7, 11) is 1.47. The molecule has 0 heterocycles. The second-order valence-corrected chi connectivity index (χ2v) is 4.88. The number of rotatable bonds is 5. The van der Waals surface area contributed by atoms with E-state index in [-0.39, 0.29) is 6.61 Å². The maximum Gasteiger partial charge on any atom is 0.328 e. The molecule has 0 fully saturated rings. The van der Waals surface area contributed by atoms with Gasteiger partial charge in [0.15, 0.2) is 0 Å². The minimum atomic E-state index is -0.950. The van der Waals surface area contributed by atoms with Gasteiger partial charge in [-0.3, -0.25) is 0 Å². The van der Waals surface area contributed by atoms with Crippen molar-refractivity contribution in [3.8, 4) is 0 Å². The summed E-state index contributed by atoms with van der Waals surface area (Å²) < 4.78 is 6.52. The molecule has 0 aliphatic heterocycles. The third kappa shape index (κ3) is 3.77. The van der Waals surface area contributed by atoms with E-state index in [2.05, 4.69) is 37.2 Å². The van der Waals surface area contributed by atoms with E-state index in [0.717, 1.165) is 8.95 Å². The zero-order valence-corrected chi connectivity index (χ0v) is 11.7. The minimum Gasteiger partial charge on any atom is -0.480 e. The molecule has 0 aromatic heterocycles. The molecule has 0 aliphatic rings. The van der Waals surface area contributed by atoms with Crippen LogP contribution in [0.15, 0.2) is 27.1 Å². The summed E-state index contributed by atoms with van der Waals surface area (Å²) in [5, 5.41) is 11.8. The Morgan fingerprint density at radius 2 is 2.25 bits per heavy atom. The molecule has 4 nitrogen and oxygen atoms in total. The van der Waals surface area contributed by atoms with E-state index in [0.29, 0.717) is 5.69 Å². The molecule has 1 aromatic carbocycles. The molecule has 88 valence electrons. The summed E-state index contributed by atoms with van der Waals surface area (Å²) >= 11 is 6.66. The highest BCUT2D eigenvalue weighted by Gasteiger charge is 2.17. The van der Waals surface area contributed by atoms with Crippen LogP contribution in [0.25, 0.3) is 0 Å². The summed E-state index contributed by atoms with van der Waals surface area (Å²) in [4.78, 5) is 10.9. The van der Waals surface area contributed by atoms with Gasteiger partial charge in [-0.25, -0.2) is 4.79 Å². The second-order valence-electron chi connectivity index (χ2n) is 3.11. The zero-order valence-electron chi connectivity index (χ0n) is 8.54. The molecule has 6 heteroatoms. The average Bonchev–Trinajstić information content (AvgIpc) is 2.22. The maximum atomic E-state index is 10.9. The third-order valence-corrected chi connectivity index (χ3v) is 3.07. The van der Waals surface area contributed by atoms with Crippen molar-refractivity contribution in [2.24, 2.45) is 0 Å². The number of ether oxygens (including phenoxy) is 1. The lowest BCUT2D eigenvalue weighted by Crippen LogP contribution is -2.33. The van der Waals surface area contributed by atoms with E-state index in [1.165, 1.54) is 7.11 Å². The van der Waals surface area contributed by atoms with Crippen molar-refractivity contribution in [1.29, 1.82) is 0 Å². The molecule has 0 amide bonds. The van der Waals surface area contributed by atoms with E-state index >= 15 is 0 Å². The zero-order chi connectivity index (χ0) is 12.1. The molecular weight excluding hydrogens is 342 g/mol. The van der Waals surface area contributed by atoms with E-state index < -0.39 is 12.0 Å². The van der Waals surface area contributed by atoms with Crippen molar-refractivity contribution in [1.82, 2.24) is 0 Å². The predicted molar refractivity (Wildman–Crippen MR) is 68.8 cm³/mol. The van der Waals surface area contributed by atoms with Gasteiger partial charge in [0.05, 0.1) is 12.3 Å². The molecule has 0 bridgehead atoms. The molecule has 0 spiro atoms. The molecule has 1 rings (SSSR count). The van der Waals surface area contributed by atoms with Gasteiger partial charge in [0.25, 0.3) is 0 Å². The SMILES string of the molecule is COCC(Nc1cc(Br)ccc1Br)C(=O)O. The maximum absolute atomic E-state index is 10.9. The highest BCUT2D eigenvalue weighted by molar-refractivity contribution is 9.11. The van der Waals surface area contributed by atoms with Crippen LogP contribution in [0.5, 0.6) is 0 Å². The van der Waals surface area contributed by atoms with E-state index in [1.54, 1.807) is 6.07 Å². The first-order valence-electron chi connectivity index (χ1n) is 4.48. The van der Waals surface area contributed by atoms with Crippen LogP contribution < -0.4 is 5.32 Å². The van der Waals surface area contributed by atoms with Crippen LogP contribution in [0.4, 0.5) is 5.69 Å². The number of carboxylic acids is 1. The summed E-state index contributed by atoms with van der Waals surface area (Å²) in [6.45, 7) is 0.105. The van der Waals surface area contributed by atoms with Gasteiger partial charge >= 0.3 is 5.97 Å². The number of methoxy groups -OCH3 is 1. The Bertz CT molecular complexity index is 384. The number of carboxylic acid groups (broad SMARTS) is 1. The minimum absolute atomic E-state index is 0.105. The Kier molecular flexibility index (Phi) is 5.24. The largest absolute Gasteiger partial charge is 0.480 e. The van der Waals surface area contributed by atoms with Gasteiger partial charge in [-0.2, -0.15) is 0 Å². The van der Waals surface area contributed by atoms with Crippen LogP contribution in [0.2, 0.25) is 0 Å². The number of carbonyl (C=O) groups is 1. The van der Waals surface area contributed by atoms with Crippen LogP contribution in [-0.2, 0) is 9.53 Å². The lowest BCUT2D eigenvalue weighted by Gasteiger charge is -2.16. The summed E-state index contributed by atoms with van der Waals surface area (Å²) in [6, 6.07) is 4.73. The average molecular weight is 353 g/mol. The van der Waals surface area contributed by atoms with E-state index in [4.69, 9.17) is 9.84 Å². The van der Waals surface area contributed by atoms with Crippen LogP contribution in [0.1, 0.15) is 0 Å². The molecule has 1 unspecified atom stereocenters. The molecular formula is C10H11Br2NO3. The Balaban J connectivity index is 2.84. The summed E-state index contributed by atoms with van der Waals surface area (Å²) in [5.41, 5.74) is 0.707. The van der Waals surface area contributed by atoms with Gasteiger partial charge in [0.1, 0.15) is 6.04 Å². The first kappa shape index (κ1) is 13.5. The van der Waals surface area contributed by atoms with Crippen molar-refractivity contribution in [3.05, 3.63) is 27.1 Å². The topological polar surface area (TPSA) is 58.6 Å². The summed E-state index contributed by atoms with van der Waals surface area (Å²) in [5.74, 6) is -0.950. The number of benzene rings is 1. The van der Waals surface area contributed by atoms with Gasteiger partial charge in [0, 0.05) is 16.1 Å². The molecule has 1 aromatic rings. The number of aliphatic carboxylic acids is 1. The Labute approximate surface area is 110 Å². The highest BCUT2D eigenvalue weighted by Crippen LogP contribution is 2.26. The molecule has 16 heavy (non-hydrogen) atoms. The van der Waals surface area contributed by atoms with Gasteiger partial charge in [-0.15, -0.1) is 0 Å². The van der Waals surface area contributed by atoms with Gasteiger partial charge in [-0.1, -0.05) is 15.9 Å². The fraction of sp³-hybridized carbons (Fsp3) is 0.300. The molecule has 2 N–H and O–H groups in total. The van der Waals surface area contributed by atoms with Crippen LogP contribution in [-0.4, -0.2) is 30.8 Å². The Hall–Kier alpha value is -0.590. The number of anilines is 1. The Morgan fingerprint density at radius 3 is 2.81 bits per heavy atom. The fourth-order valence-electron chi connectivity index (χ4n) is 1.14. The standard InChI is InChI=1S/C10H11Br2NO3/c1-16-5-9(10(14)15)13-8-4-6(11)2-3-7(8)12/h2-4,9,13H,5H2,1H3,(H,14,15). The lowest BCUT2D eigenvalue weighted by atomic mass is 10.2. The Morgan fingerprint density at radius 1 is 1.56 bits per heavy atom. The van der Waals surface area contributed by atoms with Crippen molar-refractivity contribution in [2.45, 2.75) is 6.04 Å². The normalized spacial score (nSPS) is 12.2. The van der Waals surface area contributed by atoms with Crippen LogP contribution in [0.3, 0.4) is 0 Å². The quantitative estimate of drug-likeness (QED) is 0.855. The number of hydrogen-bond donors (Lipinski definition) is 2. The van der Waals surface area contributed by atoms with Crippen LogP contribution >= 0.6 is 31.9 Å². The van der Waals surface area contributed by atoms with E-state index in [1.807, 2.05) is 12.1 Å². The first-order valence-corrected chi connectivity index (χ1v) is 6.06. The molecule has 1 atom stereocenters. The fourth-order valence-corrected chi connectivity index (χ4v) is 1.86. The van der Waals surface area contributed by atoms with Crippen molar-refractivity contribution in [2.75, 3.05) is 19.0 Å². The van der Waals surface area contributed by atoms with E-state index in [9.17, 15) is 4.79 Å². The van der Waals surface area contributed by atoms with Crippen molar-refractivity contribution in [3.63, 3.8) is 0 Å². The van der Waals surface area contributed by atoms with Gasteiger partial charge < -0.3 is 15.2 Å². The smallest absolute Gasteiger partial charge is 0.328 e. The lowest BCUT2D eigenvalue weighted by molar-refractivity contribution is -0.139. The molecule has 0 saturated carbocycles. The van der Waals surface area contributed by atoms with Gasteiger partial charge in [0.2, 0.25) is 0 Å². The van der Waals surface area contributed by atoms with Crippen molar-refractivity contribution >= 4 is 43.5 Å². The van der Waals surface area contributed by atoms with Gasteiger partial charge in [-0.05, 0) is 34.1 Å². The second kappa shape index (κ2) is 6.22. The molecule has 0 saturated heterocycles. The predicted octanol–water partition coefficient (Wildman–Crippen LogP) is 2.72. The monoisotopic (exact) mass is 351 g/mol. The molecule has 0 aliphatic carbocycles. The summed E-state index contributed by atoms with van der Waals surface area (Å²) in [6.07, 6.45) is 0. The highest BCUT2D eigenvalue weighted by atomic mass is 79.9. The number of nitrogens with one attached hydrogen (secondary N) is 1. The first-order chi connectivity index (χ1) is 7.54. The third-order valence-electron chi connectivity index (χ3n) is 1.89. The number of hydrogen-bond acceptors (Lipinski definition) is 3. The number of halogens is 2. The van der Waals surface area contributed by atoms with Crippen molar-refractivity contribution < 1.29 is 14.6 Å². The molecule has 0 radical (unpaired) electrons.